The van der Waals surface area contributed by atoms with Crippen LogP contribution in [-0.2, 0) is 4.74 Å². The predicted octanol–water partition coefficient (Wildman–Crippen LogP) is 2.60. The number of halogens is 3. The molecule has 0 radical (unpaired) electrons. The lowest BCUT2D eigenvalue weighted by Crippen LogP contribution is -2.45. The minimum Gasteiger partial charge on any atom is -0.378 e. The Morgan fingerprint density at radius 2 is 2.10 bits per heavy atom. The molecule has 2 fully saturated rings. The van der Waals surface area contributed by atoms with Crippen LogP contribution in [0.25, 0.3) is 0 Å². The lowest BCUT2D eigenvalue weighted by Gasteiger charge is -2.27. The van der Waals surface area contributed by atoms with Crippen molar-refractivity contribution in [2.24, 2.45) is 10.7 Å². The van der Waals surface area contributed by atoms with Crippen molar-refractivity contribution in [3.05, 3.63) is 34.6 Å². The number of morpholine rings is 1. The van der Waals surface area contributed by atoms with Gasteiger partial charge in [0.15, 0.2) is 5.96 Å². The lowest BCUT2D eigenvalue weighted by atomic mass is 10.1. The number of nitrogens with two attached hydrogens (primary N) is 1. The highest BCUT2D eigenvalue weighted by molar-refractivity contribution is 14.0. The molecule has 1 aliphatic heterocycles. The Hall–Kier alpha value is -0.600. The molecule has 1 aliphatic carbocycles. The van der Waals surface area contributed by atoms with Gasteiger partial charge in [0.2, 0.25) is 0 Å². The van der Waals surface area contributed by atoms with Crippen LogP contribution in [0.15, 0.2) is 23.2 Å². The molecular formula is C14H18ClFIN3O. The highest BCUT2D eigenvalue weighted by Crippen LogP contribution is 2.44. The molecule has 0 spiro atoms. The number of ether oxygens (including phenoxy) is 1. The second-order valence-electron chi connectivity index (χ2n) is 5.17. The Morgan fingerprint density at radius 3 is 2.76 bits per heavy atom. The molecule has 0 aromatic heterocycles. The molecule has 3 rings (SSSR count). The van der Waals surface area contributed by atoms with E-state index in [2.05, 4.69) is 4.99 Å². The number of hydrogen-bond donors (Lipinski definition) is 1. The molecule has 4 nitrogen and oxygen atoms in total. The molecule has 1 heterocycles. The smallest absolute Gasteiger partial charge is 0.191 e. The van der Waals surface area contributed by atoms with Gasteiger partial charge >= 0.3 is 0 Å². The third-order valence-electron chi connectivity index (χ3n) is 3.76. The van der Waals surface area contributed by atoms with Gasteiger partial charge in [-0.3, -0.25) is 0 Å². The summed E-state index contributed by atoms with van der Waals surface area (Å²) in [5.41, 5.74) is 6.95. The number of nitrogens with zero attached hydrogens (tertiary/aromatic N) is 2. The second kappa shape index (κ2) is 7.11. The van der Waals surface area contributed by atoms with Crippen molar-refractivity contribution in [1.29, 1.82) is 0 Å². The van der Waals surface area contributed by atoms with E-state index in [1.165, 1.54) is 6.07 Å². The Balaban J connectivity index is 0.00000161. The number of rotatable bonds is 2. The summed E-state index contributed by atoms with van der Waals surface area (Å²) in [5, 5.41) is 0.155. The third-order valence-corrected chi connectivity index (χ3v) is 4.07. The van der Waals surface area contributed by atoms with Crippen LogP contribution < -0.4 is 5.73 Å². The largest absolute Gasteiger partial charge is 0.378 e. The standard InChI is InChI=1S/C14H17ClFN3O.HI/c15-11-2-1-9(7-12(11)16)10-8-13(10)18-14(17)19-3-5-20-6-4-19;/h1-2,7,10,13H,3-6,8H2,(H2,17,18);1H/t10-,13+;/m0./s1. The first-order valence-corrected chi connectivity index (χ1v) is 7.14. The quantitative estimate of drug-likeness (QED) is 0.450. The van der Waals surface area contributed by atoms with E-state index in [0.717, 1.165) is 25.1 Å². The lowest BCUT2D eigenvalue weighted by molar-refractivity contribution is 0.0674. The van der Waals surface area contributed by atoms with E-state index in [0.29, 0.717) is 19.2 Å². The van der Waals surface area contributed by atoms with E-state index in [9.17, 15) is 4.39 Å². The number of guanidine groups is 1. The molecule has 7 heteroatoms. The molecule has 0 unspecified atom stereocenters. The maximum absolute atomic E-state index is 13.4. The van der Waals surface area contributed by atoms with Gasteiger partial charge in [0.25, 0.3) is 0 Å². The summed E-state index contributed by atoms with van der Waals surface area (Å²) in [4.78, 5) is 6.56. The monoisotopic (exact) mass is 425 g/mol. The van der Waals surface area contributed by atoms with Gasteiger partial charge < -0.3 is 15.4 Å². The van der Waals surface area contributed by atoms with Crippen LogP contribution in [0, 0.1) is 5.82 Å². The fourth-order valence-electron chi connectivity index (χ4n) is 2.47. The van der Waals surface area contributed by atoms with E-state index in [-0.39, 0.29) is 46.8 Å². The molecular weight excluding hydrogens is 408 g/mol. The van der Waals surface area contributed by atoms with Gasteiger partial charge in [-0.15, -0.1) is 24.0 Å². The first-order chi connectivity index (χ1) is 9.65. The van der Waals surface area contributed by atoms with Crippen molar-refractivity contribution in [3.8, 4) is 0 Å². The van der Waals surface area contributed by atoms with Crippen molar-refractivity contribution in [2.45, 2.75) is 18.4 Å². The van der Waals surface area contributed by atoms with E-state index in [4.69, 9.17) is 22.1 Å². The first-order valence-electron chi connectivity index (χ1n) is 6.76. The highest BCUT2D eigenvalue weighted by Gasteiger charge is 2.39. The zero-order chi connectivity index (χ0) is 14.1. The van der Waals surface area contributed by atoms with E-state index in [1.54, 1.807) is 6.07 Å². The van der Waals surface area contributed by atoms with Gasteiger partial charge in [-0.1, -0.05) is 17.7 Å². The number of benzene rings is 1. The average Bonchev–Trinajstić information content (AvgIpc) is 3.22. The van der Waals surface area contributed by atoms with Crippen LogP contribution in [0.3, 0.4) is 0 Å². The summed E-state index contributed by atoms with van der Waals surface area (Å²) in [6.07, 6.45) is 0.909. The molecule has 1 aromatic carbocycles. The molecule has 1 saturated heterocycles. The van der Waals surface area contributed by atoms with Crippen LogP contribution in [-0.4, -0.2) is 43.2 Å². The summed E-state index contributed by atoms with van der Waals surface area (Å²) in [5.74, 6) is 0.441. The third kappa shape index (κ3) is 3.98. The molecule has 1 aromatic rings. The Kier molecular flexibility index (Phi) is 5.67. The fourth-order valence-corrected chi connectivity index (χ4v) is 2.59. The minimum atomic E-state index is -0.375. The molecule has 0 bridgehead atoms. The highest BCUT2D eigenvalue weighted by atomic mass is 127. The van der Waals surface area contributed by atoms with Crippen LogP contribution in [0.1, 0.15) is 17.9 Å². The number of hydrogen-bond acceptors (Lipinski definition) is 2. The van der Waals surface area contributed by atoms with Crippen molar-refractivity contribution in [2.75, 3.05) is 26.3 Å². The van der Waals surface area contributed by atoms with Crippen LogP contribution in [0.2, 0.25) is 5.02 Å². The summed E-state index contributed by atoms with van der Waals surface area (Å²) < 4.78 is 18.7. The van der Waals surface area contributed by atoms with Gasteiger partial charge in [0.05, 0.1) is 24.3 Å². The molecule has 2 atom stereocenters. The topological polar surface area (TPSA) is 50.8 Å². The molecule has 21 heavy (non-hydrogen) atoms. The Bertz CT molecular complexity index is 537. The fraction of sp³-hybridized carbons (Fsp3) is 0.500. The maximum atomic E-state index is 13.4. The van der Waals surface area contributed by atoms with Gasteiger partial charge in [0, 0.05) is 19.0 Å². The SMILES string of the molecule is I.NC(=N[C@@H]1C[C@H]1c1ccc(Cl)c(F)c1)N1CCOCC1. The van der Waals surface area contributed by atoms with Crippen molar-refractivity contribution in [1.82, 2.24) is 4.90 Å². The van der Waals surface area contributed by atoms with Gasteiger partial charge in [-0.25, -0.2) is 9.38 Å². The normalized spacial score (nSPS) is 25.4. The molecule has 0 amide bonds. The van der Waals surface area contributed by atoms with Crippen LogP contribution >= 0.6 is 35.6 Å². The van der Waals surface area contributed by atoms with Crippen molar-refractivity contribution < 1.29 is 9.13 Å². The Morgan fingerprint density at radius 1 is 1.38 bits per heavy atom. The minimum absolute atomic E-state index is 0. The van der Waals surface area contributed by atoms with E-state index >= 15 is 0 Å². The summed E-state index contributed by atoms with van der Waals surface area (Å²) >= 11 is 5.69. The van der Waals surface area contributed by atoms with E-state index < -0.39 is 0 Å². The van der Waals surface area contributed by atoms with Gasteiger partial charge in [0.1, 0.15) is 5.82 Å². The van der Waals surface area contributed by atoms with Crippen LogP contribution in [0.4, 0.5) is 4.39 Å². The summed E-state index contributed by atoms with van der Waals surface area (Å²) in [7, 11) is 0. The molecule has 2 N–H and O–H groups in total. The molecule has 116 valence electrons. The zero-order valence-electron chi connectivity index (χ0n) is 11.5. The zero-order valence-corrected chi connectivity index (χ0v) is 14.6. The van der Waals surface area contributed by atoms with Crippen LogP contribution in [0.5, 0.6) is 0 Å². The predicted molar refractivity (Wildman–Crippen MR) is 92.0 cm³/mol. The summed E-state index contributed by atoms with van der Waals surface area (Å²) in [6, 6.07) is 5.10. The van der Waals surface area contributed by atoms with Crippen molar-refractivity contribution in [3.63, 3.8) is 0 Å². The molecule has 1 saturated carbocycles. The van der Waals surface area contributed by atoms with E-state index in [1.807, 2.05) is 11.0 Å². The average molecular weight is 426 g/mol. The second-order valence-corrected chi connectivity index (χ2v) is 5.58. The molecule has 2 aliphatic rings. The van der Waals surface area contributed by atoms with Gasteiger partial charge in [-0.05, 0) is 24.1 Å². The number of aliphatic imine (C=N–C) groups is 1. The van der Waals surface area contributed by atoms with Crippen molar-refractivity contribution >= 4 is 41.5 Å². The maximum Gasteiger partial charge on any atom is 0.191 e. The first kappa shape index (κ1) is 16.8. The van der Waals surface area contributed by atoms with Gasteiger partial charge in [-0.2, -0.15) is 0 Å². The summed E-state index contributed by atoms with van der Waals surface area (Å²) in [6.45, 7) is 2.93. The Labute approximate surface area is 145 Å².